The number of carbonyl (C=O) groups excluding carboxylic acids is 2. The van der Waals surface area contributed by atoms with Crippen molar-refractivity contribution in [3.63, 3.8) is 0 Å². The number of hydrogen-bond donors (Lipinski definition) is 3. The molecule has 0 aliphatic heterocycles. The van der Waals surface area contributed by atoms with Gasteiger partial charge in [-0.05, 0) is 64.5 Å². The van der Waals surface area contributed by atoms with E-state index in [0.717, 1.165) is 31.4 Å². The average molecular weight is 543 g/mol. The summed E-state index contributed by atoms with van der Waals surface area (Å²) in [6.07, 6.45) is 8.53. The summed E-state index contributed by atoms with van der Waals surface area (Å²) in [4.78, 5) is 37.6. The van der Waals surface area contributed by atoms with E-state index in [-0.39, 0.29) is 23.8 Å². The van der Waals surface area contributed by atoms with Crippen LogP contribution < -0.4 is 16.0 Å². The van der Waals surface area contributed by atoms with Crippen molar-refractivity contribution >= 4 is 29.3 Å². The van der Waals surface area contributed by atoms with Crippen LogP contribution in [0, 0.1) is 29.1 Å². The van der Waals surface area contributed by atoms with Gasteiger partial charge in [-0.3, -0.25) is 9.59 Å². The lowest BCUT2D eigenvalue weighted by Crippen LogP contribution is -2.49. The zero-order valence-corrected chi connectivity index (χ0v) is 23.9. The van der Waals surface area contributed by atoms with E-state index in [1.807, 2.05) is 19.0 Å². The van der Waals surface area contributed by atoms with Crippen LogP contribution in [-0.2, 0) is 9.59 Å². The van der Waals surface area contributed by atoms with Gasteiger partial charge in [0.25, 0.3) is 0 Å². The first-order chi connectivity index (χ1) is 19.2. The van der Waals surface area contributed by atoms with Crippen molar-refractivity contribution in [2.75, 3.05) is 45.4 Å². The maximum absolute atomic E-state index is 12.9. The number of anilines is 3. The van der Waals surface area contributed by atoms with Crippen molar-refractivity contribution < 1.29 is 9.59 Å². The number of rotatable bonds is 9. The molecule has 1 heterocycles. The van der Waals surface area contributed by atoms with Crippen molar-refractivity contribution in [3.8, 4) is 17.9 Å². The lowest BCUT2D eigenvalue weighted by molar-refractivity contribution is -0.135. The third-order valence-electron chi connectivity index (χ3n) is 6.77. The largest absolute Gasteiger partial charge is 0.372 e. The third-order valence-corrected chi connectivity index (χ3v) is 6.77. The molecule has 3 N–H and O–H groups in total. The van der Waals surface area contributed by atoms with Gasteiger partial charge in [0, 0.05) is 44.4 Å². The minimum Gasteiger partial charge on any atom is -0.372 e. The molecule has 0 saturated heterocycles. The zero-order valence-electron chi connectivity index (χ0n) is 23.9. The fraction of sp³-hybridized carbons (Fsp3) is 0.433. The molecule has 10 nitrogen and oxygen atoms in total. The molecule has 2 aromatic rings. The molecule has 1 saturated carbocycles. The van der Waals surface area contributed by atoms with Crippen LogP contribution in [0.15, 0.2) is 42.6 Å². The van der Waals surface area contributed by atoms with Crippen LogP contribution in [0.1, 0.15) is 43.7 Å². The molecular weight excluding hydrogens is 504 g/mol. The molecule has 3 rings (SSSR count). The Labute approximate surface area is 236 Å². The highest BCUT2D eigenvalue weighted by molar-refractivity contribution is 5.92. The molecule has 10 heteroatoms. The molecule has 1 aromatic heterocycles. The number of carbonyl (C=O) groups is 2. The van der Waals surface area contributed by atoms with E-state index >= 15 is 0 Å². The van der Waals surface area contributed by atoms with Gasteiger partial charge in [0.15, 0.2) is 0 Å². The molecule has 0 unspecified atom stereocenters. The van der Waals surface area contributed by atoms with Crippen LogP contribution in [0.5, 0.6) is 0 Å². The van der Waals surface area contributed by atoms with Gasteiger partial charge >= 0.3 is 0 Å². The van der Waals surface area contributed by atoms with Crippen LogP contribution in [0.4, 0.5) is 17.5 Å². The van der Waals surface area contributed by atoms with Crippen molar-refractivity contribution in [1.29, 1.82) is 5.26 Å². The fourth-order valence-corrected chi connectivity index (χ4v) is 4.28. The SMILES string of the molecule is CNc1nc(Nc2ccc(C#N)cc2)ncc1C#C[C@@H]1CCC[C@H](NC(=O)[C@H](C)N(C)C(=O)C=CCN(C)C)C1. The molecule has 210 valence electrons. The topological polar surface area (TPSA) is 126 Å². The molecule has 0 spiro atoms. The van der Waals surface area contributed by atoms with Crippen LogP contribution in [0.2, 0.25) is 0 Å². The summed E-state index contributed by atoms with van der Waals surface area (Å²) < 4.78 is 0. The normalized spacial score (nSPS) is 17.3. The van der Waals surface area contributed by atoms with E-state index < -0.39 is 6.04 Å². The Morgan fingerprint density at radius 2 is 1.95 bits per heavy atom. The Morgan fingerprint density at radius 3 is 2.62 bits per heavy atom. The fourth-order valence-electron chi connectivity index (χ4n) is 4.28. The first-order valence-electron chi connectivity index (χ1n) is 13.4. The second kappa shape index (κ2) is 14.7. The Kier molecular flexibility index (Phi) is 11.0. The highest BCUT2D eigenvalue weighted by Gasteiger charge is 2.26. The number of nitrogens with one attached hydrogen (secondary N) is 3. The lowest BCUT2D eigenvalue weighted by atomic mass is 9.86. The van der Waals surface area contributed by atoms with E-state index in [0.29, 0.717) is 29.4 Å². The predicted molar refractivity (Wildman–Crippen MR) is 157 cm³/mol. The summed E-state index contributed by atoms with van der Waals surface area (Å²) in [5.74, 6) is 7.37. The average Bonchev–Trinajstić information content (AvgIpc) is 2.95. The van der Waals surface area contributed by atoms with Gasteiger partial charge in [-0.1, -0.05) is 24.3 Å². The van der Waals surface area contributed by atoms with Gasteiger partial charge < -0.3 is 25.8 Å². The summed E-state index contributed by atoms with van der Waals surface area (Å²) in [5, 5.41) is 18.3. The maximum atomic E-state index is 12.9. The Balaban J connectivity index is 1.58. The van der Waals surface area contributed by atoms with Gasteiger partial charge in [-0.2, -0.15) is 10.2 Å². The minimum absolute atomic E-state index is 0.00908. The first-order valence-corrected chi connectivity index (χ1v) is 13.4. The summed E-state index contributed by atoms with van der Waals surface area (Å²) in [6.45, 7) is 2.40. The van der Waals surface area contributed by atoms with Crippen molar-refractivity contribution in [2.24, 2.45) is 5.92 Å². The van der Waals surface area contributed by atoms with Crippen molar-refractivity contribution in [3.05, 3.63) is 53.7 Å². The van der Waals surface area contributed by atoms with E-state index in [1.54, 1.807) is 57.6 Å². The van der Waals surface area contributed by atoms with Crippen LogP contribution in [-0.4, -0.2) is 78.4 Å². The maximum Gasteiger partial charge on any atom is 0.246 e. The summed E-state index contributed by atoms with van der Waals surface area (Å²) in [6, 6.07) is 8.58. The smallest absolute Gasteiger partial charge is 0.246 e. The minimum atomic E-state index is -0.574. The van der Waals surface area contributed by atoms with Gasteiger partial charge in [-0.15, -0.1) is 0 Å². The van der Waals surface area contributed by atoms with E-state index in [4.69, 9.17) is 5.26 Å². The summed E-state index contributed by atoms with van der Waals surface area (Å²) >= 11 is 0. The van der Waals surface area contributed by atoms with Crippen LogP contribution in [0.25, 0.3) is 0 Å². The van der Waals surface area contributed by atoms with Crippen LogP contribution >= 0.6 is 0 Å². The second-order valence-electron chi connectivity index (χ2n) is 10.1. The standard InChI is InChI=1S/C30H38N8O2/c1-21(38(5)27(39)10-7-17-37(3)4)29(40)34-26-9-6-8-22(18-26)11-14-24-20-33-30(36-28(24)32-2)35-25-15-12-23(19-31)13-16-25/h7,10,12-13,15-16,20-22,26H,6,8-9,17-18H2,1-5H3,(H,34,40)(H2,32,33,35,36)/t21-,22-,26-/m0/s1. The van der Waals surface area contributed by atoms with Gasteiger partial charge in [0.2, 0.25) is 17.8 Å². The van der Waals surface area contributed by atoms with E-state index in [9.17, 15) is 9.59 Å². The summed E-state index contributed by atoms with van der Waals surface area (Å²) in [7, 11) is 7.29. The zero-order chi connectivity index (χ0) is 29.1. The van der Waals surface area contributed by atoms with E-state index in [1.165, 1.54) is 11.0 Å². The molecule has 2 amide bonds. The number of nitrogens with zero attached hydrogens (tertiary/aromatic N) is 5. The molecule has 1 aliphatic carbocycles. The van der Waals surface area contributed by atoms with Crippen LogP contribution in [0.3, 0.4) is 0 Å². The highest BCUT2D eigenvalue weighted by atomic mass is 16.2. The number of amides is 2. The molecule has 40 heavy (non-hydrogen) atoms. The Morgan fingerprint density at radius 1 is 1.20 bits per heavy atom. The van der Waals surface area contributed by atoms with Gasteiger partial charge in [0.1, 0.15) is 11.9 Å². The first kappa shape index (κ1) is 30.1. The molecule has 3 atom stereocenters. The number of hydrogen-bond acceptors (Lipinski definition) is 8. The van der Waals surface area contributed by atoms with Crippen molar-refractivity contribution in [2.45, 2.75) is 44.7 Å². The third kappa shape index (κ3) is 8.82. The molecular formula is C30H38N8O2. The predicted octanol–water partition coefficient (Wildman–Crippen LogP) is 3.12. The molecule has 0 radical (unpaired) electrons. The monoisotopic (exact) mass is 542 g/mol. The Bertz CT molecular complexity index is 1300. The molecule has 1 aromatic carbocycles. The number of nitriles is 1. The quantitative estimate of drug-likeness (QED) is 0.326. The summed E-state index contributed by atoms with van der Waals surface area (Å²) in [5.41, 5.74) is 2.05. The highest BCUT2D eigenvalue weighted by Crippen LogP contribution is 2.25. The Hall–Kier alpha value is -4.41. The number of aromatic nitrogens is 2. The molecule has 0 bridgehead atoms. The molecule has 1 fully saturated rings. The van der Waals surface area contributed by atoms with Gasteiger partial charge in [-0.25, -0.2) is 4.98 Å². The van der Waals surface area contributed by atoms with Gasteiger partial charge in [0.05, 0.1) is 23.4 Å². The molecule has 1 aliphatic rings. The van der Waals surface area contributed by atoms with E-state index in [2.05, 4.69) is 43.8 Å². The van der Waals surface area contributed by atoms with Crippen molar-refractivity contribution in [1.82, 2.24) is 25.1 Å². The second-order valence-corrected chi connectivity index (χ2v) is 10.1. The number of benzene rings is 1. The lowest BCUT2D eigenvalue weighted by Gasteiger charge is -2.30. The number of likely N-dealkylation sites (N-methyl/N-ethyl adjacent to an activating group) is 2.